The highest BCUT2D eigenvalue weighted by Crippen LogP contribution is 2.61. The van der Waals surface area contributed by atoms with E-state index in [2.05, 4.69) is 5.10 Å². The number of aliphatic carboxylic acids is 1. The molecule has 2 saturated carbocycles. The second kappa shape index (κ2) is 3.84. The van der Waals surface area contributed by atoms with Gasteiger partial charge in [0, 0.05) is 18.9 Å². The Labute approximate surface area is 117 Å². The largest absolute Gasteiger partial charge is 0.481 e. The highest BCUT2D eigenvalue weighted by molar-refractivity contribution is 5.83. The van der Waals surface area contributed by atoms with Crippen molar-refractivity contribution in [3.05, 3.63) is 30.0 Å². The first-order chi connectivity index (χ1) is 9.59. The predicted octanol–water partition coefficient (Wildman–Crippen LogP) is 2.62. The van der Waals surface area contributed by atoms with E-state index in [1.165, 1.54) is 6.42 Å². The fourth-order valence-electron chi connectivity index (χ4n) is 4.03. The maximum Gasteiger partial charge on any atom is 0.310 e. The number of rotatable bonds is 3. The van der Waals surface area contributed by atoms with Crippen molar-refractivity contribution in [2.75, 3.05) is 0 Å². The minimum Gasteiger partial charge on any atom is -0.481 e. The van der Waals surface area contributed by atoms with E-state index in [0.717, 1.165) is 29.4 Å². The Morgan fingerprint density at radius 2 is 2.10 bits per heavy atom. The van der Waals surface area contributed by atoms with Crippen molar-refractivity contribution in [2.45, 2.75) is 25.7 Å². The summed E-state index contributed by atoms with van der Waals surface area (Å²) in [7, 11) is 1.92. The first-order valence-corrected chi connectivity index (χ1v) is 7.23. The van der Waals surface area contributed by atoms with Gasteiger partial charge in [0.15, 0.2) is 0 Å². The summed E-state index contributed by atoms with van der Waals surface area (Å²) in [4.78, 5) is 11.8. The molecule has 0 radical (unpaired) electrons. The third-order valence-electron chi connectivity index (χ3n) is 5.17. The number of carboxylic acids is 1. The van der Waals surface area contributed by atoms with Gasteiger partial charge in [-0.2, -0.15) is 5.10 Å². The Kier molecular flexibility index (Phi) is 2.29. The van der Waals surface area contributed by atoms with Crippen LogP contribution in [0, 0.1) is 17.3 Å². The quantitative estimate of drug-likeness (QED) is 0.932. The first kappa shape index (κ1) is 11.9. The lowest BCUT2D eigenvalue weighted by Gasteiger charge is -2.25. The lowest BCUT2D eigenvalue weighted by atomic mass is 9.78. The summed E-state index contributed by atoms with van der Waals surface area (Å²) >= 11 is 0. The van der Waals surface area contributed by atoms with Crippen LogP contribution in [-0.2, 0) is 18.3 Å². The summed E-state index contributed by atoms with van der Waals surface area (Å²) in [6, 6.07) is 8.06. The number of nitrogens with zero attached hydrogens (tertiary/aromatic N) is 2. The number of para-hydroxylation sites is 1. The van der Waals surface area contributed by atoms with Gasteiger partial charge in [0.2, 0.25) is 0 Å². The molecule has 0 bridgehead atoms. The average molecular weight is 270 g/mol. The minimum absolute atomic E-state index is 0.566. The van der Waals surface area contributed by atoms with E-state index in [0.29, 0.717) is 18.3 Å². The molecule has 2 unspecified atom stereocenters. The number of benzene rings is 1. The molecule has 0 amide bonds. The van der Waals surface area contributed by atoms with Crippen LogP contribution in [0.3, 0.4) is 0 Å². The van der Waals surface area contributed by atoms with Crippen LogP contribution < -0.4 is 0 Å². The number of hydrogen-bond acceptors (Lipinski definition) is 2. The van der Waals surface area contributed by atoms with E-state index in [-0.39, 0.29) is 0 Å². The fourth-order valence-corrected chi connectivity index (χ4v) is 4.03. The summed E-state index contributed by atoms with van der Waals surface area (Å²) in [5, 5.41) is 15.4. The molecule has 4 nitrogen and oxygen atoms in total. The third kappa shape index (κ3) is 1.60. The topological polar surface area (TPSA) is 55.1 Å². The van der Waals surface area contributed by atoms with Crippen molar-refractivity contribution in [3.8, 4) is 0 Å². The molecule has 1 aromatic carbocycles. The molecule has 0 aliphatic heterocycles. The van der Waals surface area contributed by atoms with Gasteiger partial charge in [0.1, 0.15) is 0 Å². The molecule has 20 heavy (non-hydrogen) atoms. The van der Waals surface area contributed by atoms with Gasteiger partial charge in [0.25, 0.3) is 0 Å². The lowest BCUT2D eigenvalue weighted by Crippen LogP contribution is -2.32. The van der Waals surface area contributed by atoms with E-state index in [1.807, 2.05) is 36.0 Å². The van der Waals surface area contributed by atoms with Crippen molar-refractivity contribution < 1.29 is 9.90 Å². The molecule has 4 rings (SSSR count). The monoisotopic (exact) mass is 270 g/mol. The van der Waals surface area contributed by atoms with Crippen LogP contribution in [0.25, 0.3) is 10.9 Å². The average Bonchev–Trinajstić information content (AvgIpc) is 2.92. The molecule has 104 valence electrons. The van der Waals surface area contributed by atoms with Gasteiger partial charge in [-0.1, -0.05) is 18.2 Å². The number of carbonyl (C=O) groups is 1. The molecular weight excluding hydrogens is 252 g/mol. The second-order valence-corrected chi connectivity index (χ2v) is 6.51. The van der Waals surface area contributed by atoms with Gasteiger partial charge < -0.3 is 5.11 Å². The van der Waals surface area contributed by atoms with Crippen LogP contribution in [0.15, 0.2) is 24.3 Å². The summed E-state index contributed by atoms with van der Waals surface area (Å²) < 4.78 is 1.86. The zero-order chi connectivity index (χ0) is 13.9. The highest BCUT2D eigenvalue weighted by atomic mass is 16.4. The number of carboxylic acid groups (broad SMARTS) is 1. The van der Waals surface area contributed by atoms with Crippen molar-refractivity contribution in [1.82, 2.24) is 9.78 Å². The Balaban J connectivity index is 1.74. The summed E-state index contributed by atoms with van der Waals surface area (Å²) in [5.74, 6) is 0.668. The molecule has 2 aromatic rings. The van der Waals surface area contributed by atoms with Crippen molar-refractivity contribution in [2.24, 2.45) is 24.3 Å². The van der Waals surface area contributed by atoms with Gasteiger partial charge in [-0.25, -0.2) is 0 Å². The SMILES string of the molecule is Cn1nc(CC2(C(=O)O)CC3CC3C2)c2ccccc21. The number of fused-ring (bicyclic) bond motifs is 2. The number of aryl methyl sites for hydroxylation is 1. The Morgan fingerprint density at radius 1 is 1.40 bits per heavy atom. The molecule has 2 aliphatic carbocycles. The van der Waals surface area contributed by atoms with Crippen LogP contribution >= 0.6 is 0 Å². The predicted molar refractivity (Wildman–Crippen MR) is 75.3 cm³/mol. The fraction of sp³-hybridized carbons (Fsp3) is 0.500. The lowest BCUT2D eigenvalue weighted by molar-refractivity contribution is -0.149. The van der Waals surface area contributed by atoms with Crippen LogP contribution in [0.2, 0.25) is 0 Å². The molecular formula is C16H18N2O2. The maximum absolute atomic E-state index is 11.8. The van der Waals surface area contributed by atoms with E-state index >= 15 is 0 Å². The molecule has 2 fully saturated rings. The smallest absolute Gasteiger partial charge is 0.310 e. The van der Waals surface area contributed by atoms with Gasteiger partial charge >= 0.3 is 5.97 Å². The molecule has 2 aliphatic rings. The normalized spacial score (nSPS) is 31.4. The van der Waals surface area contributed by atoms with E-state index in [1.54, 1.807) is 0 Å². The van der Waals surface area contributed by atoms with E-state index < -0.39 is 11.4 Å². The zero-order valence-corrected chi connectivity index (χ0v) is 11.5. The van der Waals surface area contributed by atoms with Gasteiger partial charge in [0.05, 0.1) is 16.6 Å². The number of aromatic nitrogens is 2. The minimum atomic E-state index is -0.639. The van der Waals surface area contributed by atoms with Gasteiger partial charge in [-0.15, -0.1) is 0 Å². The summed E-state index contributed by atoms with van der Waals surface area (Å²) in [6.07, 6.45) is 3.46. The van der Waals surface area contributed by atoms with Crippen LogP contribution in [-0.4, -0.2) is 20.9 Å². The first-order valence-electron chi connectivity index (χ1n) is 7.23. The summed E-state index contributed by atoms with van der Waals surface area (Å²) in [6.45, 7) is 0. The number of hydrogen-bond donors (Lipinski definition) is 1. The van der Waals surface area contributed by atoms with Crippen LogP contribution in [0.4, 0.5) is 0 Å². The molecule has 0 spiro atoms. The van der Waals surface area contributed by atoms with E-state index in [9.17, 15) is 9.90 Å². The molecule has 1 heterocycles. The molecule has 4 heteroatoms. The zero-order valence-electron chi connectivity index (χ0n) is 11.5. The maximum atomic E-state index is 11.8. The van der Waals surface area contributed by atoms with Crippen molar-refractivity contribution in [1.29, 1.82) is 0 Å². The Bertz CT molecular complexity index is 694. The van der Waals surface area contributed by atoms with E-state index in [4.69, 9.17) is 0 Å². The highest BCUT2D eigenvalue weighted by Gasteiger charge is 2.57. The molecule has 1 aromatic heterocycles. The van der Waals surface area contributed by atoms with Crippen molar-refractivity contribution >= 4 is 16.9 Å². The van der Waals surface area contributed by atoms with Gasteiger partial charge in [-0.3, -0.25) is 9.48 Å². The Morgan fingerprint density at radius 3 is 2.80 bits per heavy atom. The third-order valence-corrected chi connectivity index (χ3v) is 5.17. The molecule has 0 saturated heterocycles. The standard InChI is InChI=1S/C16H18N2O2/c1-18-14-5-3-2-4-12(14)13(17-18)9-16(15(19)20)7-10-6-11(10)8-16/h2-5,10-11H,6-9H2,1H3,(H,19,20). The van der Waals surface area contributed by atoms with Crippen molar-refractivity contribution in [3.63, 3.8) is 0 Å². The summed E-state index contributed by atoms with van der Waals surface area (Å²) in [5.41, 5.74) is 1.43. The second-order valence-electron chi connectivity index (χ2n) is 6.51. The molecule has 2 atom stereocenters. The molecule has 1 N–H and O–H groups in total. The van der Waals surface area contributed by atoms with Crippen LogP contribution in [0.5, 0.6) is 0 Å². The van der Waals surface area contributed by atoms with Gasteiger partial charge in [-0.05, 0) is 37.2 Å². The Hall–Kier alpha value is -1.84. The van der Waals surface area contributed by atoms with Crippen LogP contribution in [0.1, 0.15) is 25.0 Å².